The number of carbonyl (C=O) groups excluding carboxylic acids is 1. The highest BCUT2D eigenvalue weighted by Gasteiger charge is 2.34. The second kappa shape index (κ2) is 6.03. The van der Waals surface area contributed by atoms with Crippen molar-refractivity contribution in [2.75, 3.05) is 10.7 Å². The lowest BCUT2D eigenvalue weighted by Crippen LogP contribution is -2.27. The van der Waals surface area contributed by atoms with Gasteiger partial charge in [0, 0.05) is 15.2 Å². The normalized spacial score (nSPS) is 18.3. The van der Waals surface area contributed by atoms with E-state index in [0.717, 1.165) is 21.3 Å². The Morgan fingerprint density at radius 3 is 2.81 bits per heavy atom. The summed E-state index contributed by atoms with van der Waals surface area (Å²) in [5.74, 6) is 0.604. The Morgan fingerprint density at radius 2 is 2.10 bits per heavy atom. The lowest BCUT2D eigenvalue weighted by Gasteiger charge is -2.25. The Labute approximate surface area is 141 Å². The molecule has 1 saturated heterocycles. The van der Waals surface area contributed by atoms with Crippen LogP contribution in [0.15, 0.2) is 46.9 Å². The Morgan fingerprint density at radius 1 is 1.29 bits per heavy atom. The Bertz CT molecular complexity index is 706. The molecule has 0 radical (unpaired) electrons. The van der Waals surface area contributed by atoms with Crippen molar-refractivity contribution in [3.8, 4) is 0 Å². The molecule has 108 valence electrons. The predicted molar refractivity (Wildman–Crippen MR) is 93.0 cm³/mol. The monoisotopic (exact) mass is 381 g/mol. The fourth-order valence-corrected chi connectivity index (χ4v) is 4.10. The van der Waals surface area contributed by atoms with E-state index in [2.05, 4.69) is 22.0 Å². The summed E-state index contributed by atoms with van der Waals surface area (Å²) < 4.78 is 1.02. The summed E-state index contributed by atoms with van der Waals surface area (Å²) in [6.45, 7) is 1.96. The second-order valence-electron chi connectivity index (χ2n) is 4.92. The standard InChI is InChI=1S/C16H13BrClNOS/c1-10-5-6-13(8-14(10)18)19-15(20)9-21-16(19)11-3-2-4-12(17)7-11/h2-8,16H,9H2,1H3. The predicted octanol–water partition coefficient (Wildman–Crippen LogP) is 5.19. The summed E-state index contributed by atoms with van der Waals surface area (Å²) >= 11 is 11.3. The number of amides is 1. The van der Waals surface area contributed by atoms with Gasteiger partial charge in [-0.05, 0) is 42.3 Å². The number of rotatable bonds is 2. The number of carbonyl (C=O) groups is 1. The van der Waals surface area contributed by atoms with Gasteiger partial charge in [-0.1, -0.05) is 45.7 Å². The Balaban J connectivity index is 2.01. The molecule has 1 aliphatic rings. The molecule has 0 bridgehead atoms. The van der Waals surface area contributed by atoms with Gasteiger partial charge < -0.3 is 0 Å². The first kappa shape index (κ1) is 14.9. The lowest BCUT2D eigenvalue weighted by atomic mass is 10.1. The molecule has 5 heteroatoms. The molecule has 2 aromatic carbocycles. The molecule has 1 atom stereocenters. The molecule has 0 aliphatic carbocycles. The molecule has 1 heterocycles. The fraction of sp³-hybridized carbons (Fsp3) is 0.188. The van der Waals surface area contributed by atoms with E-state index in [9.17, 15) is 4.79 Å². The molecule has 0 spiro atoms. The van der Waals surface area contributed by atoms with Crippen molar-refractivity contribution in [3.05, 3.63) is 63.1 Å². The average molecular weight is 383 g/mol. The number of anilines is 1. The zero-order valence-corrected chi connectivity index (χ0v) is 14.5. The molecule has 2 aromatic rings. The molecule has 21 heavy (non-hydrogen) atoms. The minimum absolute atomic E-state index is 0.00577. The number of nitrogens with zero attached hydrogens (tertiary/aromatic N) is 1. The van der Waals surface area contributed by atoms with Gasteiger partial charge in [0.05, 0.1) is 5.75 Å². The highest BCUT2D eigenvalue weighted by atomic mass is 79.9. The van der Waals surface area contributed by atoms with E-state index in [1.807, 2.05) is 48.2 Å². The van der Waals surface area contributed by atoms with Crippen molar-refractivity contribution >= 4 is 50.9 Å². The summed E-state index contributed by atoms with van der Waals surface area (Å²) in [7, 11) is 0. The summed E-state index contributed by atoms with van der Waals surface area (Å²) in [6.07, 6.45) is 0. The number of aryl methyl sites for hydroxylation is 1. The maximum atomic E-state index is 12.3. The van der Waals surface area contributed by atoms with E-state index in [4.69, 9.17) is 11.6 Å². The van der Waals surface area contributed by atoms with Crippen LogP contribution in [0.1, 0.15) is 16.5 Å². The molecule has 0 saturated carbocycles. The van der Waals surface area contributed by atoms with Gasteiger partial charge in [-0.3, -0.25) is 9.69 Å². The minimum Gasteiger partial charge on any atom is -0.295 e. The first-order valence-electron chi connectivity index (χ1n) is 6.51. The number of thioether (sulfide) groups is 1. The van der Waals surface area contributed by atoms with Crippen LogP contribution in [0.25, 0.3) is 0 Å². The summed E-state index contributed by atoms with van der Waals surface area (Å²) in [5, 5.41) is 0.680. The highest BCUT2D eigenvalue weighted by Crippen LogP contribution is 2.42. The van der Waals surface area contributed by atoms with Crippen LogP contribution in [0, 0.1) is 6.92 Å². The smallest absolute Gasteiger partial charge is 0.238 e. The van der Waals surface area contributed by atoms with E-state index in [1.54, 1.807) is 11.8 Å². The molecule has 1 aliphatic heterocycles. The van der Waals surface area contributed by atoms with Gasteiger partial charge in [0.25, 0.3) is 0 Å². The highest BCUT2D eigenvalue weighted by molar-refractivity contribution is 9.10. The van der Waals surface area contributed by atoms with Crippen LogP contribution in [-0.2, 0) is 4.79 Å². The number of halogens is 2. The van der Waals surface area contributed by atoms with Crippen LogP contribution in [0.2, 0.25) is 5.02 Å². The van der Waals surface area contributed by atoms with Gasteiger partial charge in [0.2, 0.25) is 5.91 Å². The van der Waals surface area contributed by atoms with E-state index in [1.165, 1.54) is 0 Å². The third-order valence-electron chi connectivity index (χ3n) is 3.44. The van der Waals surface area contributed by atoms with Gasteiger partial charge >= 0.3 is 0 Å². The van der Waals surface area contributed by atoms with Crippen LogP contribution in [0.4, 0.5) is 5.69 Å². The maximum Gasteiger partial charge on any atom is 0.238 e. The summed E-state index contributed by atoms with van der Waals surface area (Å²) in [6, 6.07) is 13.8. The first-order chi connectivity index (χ1) is 10.1. The summed E-state index contributed by atoms with van der Waals surface area (Å²) in [4.78, 5) is 14.1. The number of benzene rings is 2. The third-order valence-corrected chi connectivity index (χ3v) is 5.55. The minimum atomic E-state index is -0.00577. The molecule has 0 aromatic heterocycles. The Hall–Kier alpha value is -0.970. The summed E-state index contributed by atoms with van der Waals surface area (Å²) in [5.41, 5.74) is 2.97. The quantitative estimate of drug-likeness (QED) is 0.712. The van der Waals surface area contributed by atoms with Gasteiger partial charge in [0.15, 0.2) is 0 Å². The van der Waals surface area contributed by atoms with Crippen molar-refractivity contribution in [2.45, 2.75) is 12.3 Å². The van der Waals surface area contributed by atoms with Crippen LogP contribution < -0.4 is 4.90 Å². The maximum absolute atomic E-state index is 12.3. The molecule has 1 unspecified atom stereocenters. The second-order valence-corrected chi connectivity index (χ2v) is 7.31. The zero-order chi connectivity index (χ0) is 15.0. The molecule has 0 N–H and O–H groups in total. The molecule has 3 rings (SSSR count). The topological polar surface area (TPSA) is 20.3 Å². The molecular formula is C16H13BrClNOS. The van der Waals surface area contributed by atoms with E-state index in [0.29, 0.717) is 10.8 Å². The van der Waals surface area contributed by atoms with E-state index >= 15 is 0 Å². The largest absolute Gasteiger partial charge is 0.295 e. The average Bonchev–Trinajstić information content (AvgIpc) is 2.84. The van der Waals surface area contributed by atoms with Crippen molar-refractivity contribution in [1.29, 1.82) is 0 Å². The van der Waals surface area contributed by atoms with Gasteiger partial charge in [-0.15, -0.1) is 11.8 Å². The van der Waals surface area contributed by atoms with Crippen LogP contribution in [-0.4, -0.2) is 11.7 Å². The number of hydrogen-bond acceptors (Lipinski definition) is 2. The molecular weight excluding hydrogens is 370 g/mol. The van der Waals surface area contributed by atoms with Crippen molar-refractivity contribution < 1.29 is 4.79 Å². The van der Waals surface area contributed by atoms with E-state index < -0.39 is 0 Å². The fourth-order valence-electron chi connectivity index (χ4n) is 2.34. The molecule has 1 amide bonds. The third kappa shape index (κ3) is 2.98. The van der Waals surface area contributed by atoms with Crippen molar-refractivity contribution in [1.82, 2.24) is 0 Å². The van der Waals surface area contributed by atoms with Crippen LogP contribution in [0.5, 0.6) is 0 Å². The lowest BCUT2D eigenvalue weighted by molar-refractivity contribution is -0.115. The number of hydrogen-bond donors (Lipinski definition) is 0. The Kier molecular flexibility index (Phi) is 4.29. The molecule has 1 fully saturated rings. The van der Waals surface area contributed by atoms with Gasteiger partial charge in [0.1, 0.15) is 5.37 Å². The van der Waals surface area contributed by atoms with Crippen molar-refractivity contribution in [2.24, 2.45) is 0 Å². The van der Waals surface area contributed by atoms with Gasteiger partial charge in [-0.2, -0.15) is 0 Å². The van der Waals surface area contributed by atoms with E-state index in [-0.39, 0.29) is 11.3 Å². The SMILES string of the molecule is Cc1ccc(N2C(=O)CSC2c2cccc(Br)c2)cc1Cl. The molecule has 2 nitrogen and oxygen atoms in total. The van der Waals surface area contributed by atoms with Crippen LogP contribution in [0.3, 0.4) is 0 Å². The first-order valence-corrected chi connectivity index (χ1v) is 8.73. The van der Waals surface area contributed by atoms with Crippen LogP contribution >= 0.6 is 39.3 Å². The van der Waals surface area contributed by atoms with Gasteiger partial charge in [-0.25, -0.2) is 0 Å². The zero-order valence-electron chi connectivity index (χ0n) is 11.3. The van der Waals surface area contributed by atoms with Crippen molar-refractivity contribution in [3.63, 3.8) is 0 Å².